The molecule has 1 fully saturated rings. The summed E-state index contributed by atoms with van der Waals surface area (Å²) in [7, 11) is -4.02. The second-order valence-electron chi connectivity index (χ2n) is 9.27. The summed E-state index contributed by atoms with van der Waals surface area (Å²) in [5.41, 5.74) is 2.63. The number of pyridine rings is 1. The van der Waals surface area contributed by atoms with Crippen LogP contribution in [-0.2, 0) is 27.9 Å². The van der Waals surface area contributed by atoms with E-state index in [0.717, 1.165) is 12.0 Å². The lowest BCUT2D eigenvalue weighted by Gasteiger charge is -2.23. The van der Waals surface area contributed by atoms with Crippen LogP contribution in [0.5, 0.6) is 0 Å². The van der Waals surface area contributed by atoms with Crippen LogP contribution in [0.3, 0.4) is 0 Å². The molecule has 6 nitrogen and oxygen atoms in total. The zero-order valence-electron chi connectivity index (χ0n) is 20.3. The lowest BCUT2D eigenvalue weighted by Crippen LogP contribution is -2.30. The molecule has 4 aromatic rings. The van der Waals surface area contributed by atoms with E-state index < -0.39 is 21.7 Å². The van der Waals surface area contributed by atoms with Crippen molar-refractivity contribution in [3.63, 3.8) is 0 Å². The second-order valence-corrected chi connectivity index (χ2v) is 11.2. The summed E-state index contributed by atoms with van der Waals surface area (Å²) in [5, 5.41) is 2.86. The van der Waals surface area contributed by atoms with Gasteiger partial charge in [-0.05, 0) is 89.7 Å². The molecule has 0 spiro atoms. The number of benzene rings is 3. The number of anilines is 1. The monoisotopic (exact) mass is 533 g/mol. The third-order valence-corrected chi connectivity index (χ3v) is 8.35. The molecule has 1 N–H and O–H groups in total. The van der Waals surface area contributed by atoms with E-state index in [1.807, 2.05) is 12.1 Å². The van der Waals surface area contributed by atoms with E-state index in [-0.39, 0.29) is 35.7 Å². The van der Waals surface area contributed by atoms with Crippen molar-refractivity contribution in [2.75, 3.05) is 5.32 Å². The summed E-state index contributed by atoms with van der Waals surface area (Å²) in [4.78, 5) is 16.7. The number of aromatic nitrogens is 1. The molecule has 1 saturated carbocycles. The first-order chi connectivity index (χ1) is 18.3. The molecule has 2 atom stereocenters. The van der Waals surface area contributed by atoms with Crippen LogP contribution in [0, 0.1) is 17.6 Å². The summed E-state index contributed by atoms with van der Waals surface area (Å²) in [6, 6.07) is 21.0. The van der Waals surface area contributed by atoms with Gasteiger partial charge in [0.25, 0.3) is 0 Å². The van der Waals surface area contributed by atoms with Gasteiger partial charge in [-0.3, -0.25) is 9.78 Å². The largest absolute Gasteiger partial charge is 0.326 e. The molecular formula is C29H25F2N3O3S. The van der Waals surface area contributed by atoms with Gasteiger partial charge in [0.2, 0.25) is 15.9 Å². The quantitative estimate of drug-likeness (QED) is 0.309. The van der Waals surface area contributed by atoms with Crippen molar-refractivity contribution in [2.45, 2.75) is 30.3 Å². The van der Waals surface area contributed by atoms with Gasteiger partial charge in [0.05, 0.1) is 4.90 Å². The zero-order chi connectivity index (χ0) is 26.7. The van der Waals surface area contributed by atoms with Crippen molar-refractivity contribution in [3.05, 3.63) is 126 Å². The van der Waals surface area contributed by atoms with Gasteiger partial charge < -0.3 is 5.32 Å². The first kappa shape index (κ1) is 25.7. The number of hydrogen-bond acceptors (Lipinski definition) is 4. The highest BCUT2D eigenvalue weighted by atomic mass is 32.2. The Morgan fingerprint density at radius 1 is 0.868 bits per heavy atom. The van der Waals surface area contributed by atoms with Gasteiger partial charge in [-0.2, -0.15) is 4.31 Å². The number of carbonyl (C=O) groups is 1. The molecule has 1 aromatic heterocycles. The number of rotatable bonds is 9. The minimum absolute atomic E-state index is 0.0232. The molecular weight excluding hydrogens is 508 g/mol. The van der Waals surface area contributed by atoms with Crippen molar-refractivity contribution >= 4 is 21.6 Å². The molecule has 1 amide bonds. The Balaban J connectivity index is 1.32. The van der Waals surface area contributed by atoms with Crippen LogP contribution in [-0.4, -0.2) is 23.6 Å². The summed E-state index contributed by atoms with van der Waals surface area (Å²) in [6.45, 7) is -0.107. The van der Waals surface area contributed by atoms with E-state index in [1.54, 1.807) is 30.6 Å². The smallest absolute Gasteiger partial charge is 0.243 e. The summed E-state index contributed by atoms with van der Waals surface area (Å²) in [6.07, 6.45) is 4.16. The average molecular weight is 534 g/mol. The molecule has 3 aromatic carbocycles. The van der Waals surface area contributed by atoms with E-state index in [9.17, 15) is 22.0 Å². The standard InChI is InChI=1S/C29H25F2N3O3S/c30-23-6-4-20(5-7-23)18-34(19-21-2-1-3-24(31)16-21)38(36,37)26-10-8-25(9-11-26)33-29(35)28-17-27(28)22-12-14-32-15-13-22/h1-16,27-28H,17-19H2,(H,33,35). The third kappa shape index (κ3) is 5.95. The fraction of sp³-hybridized carbons (Fsp3) is 0.172. The summed E-state index contributed by atoms with van der Waals surface area (Å²) >= 11 is 0. The number of halogens is 2. The van der Waals surface area contributed by atoms with Crippen molar-refractivity contribution < 1.29 is 22.0 Å². The average Bonchev–Trinajstić information content (AvgIpc) is 3.72. The number of amides is 1. The van der Waals surface area contributed by atoms with Crippen LogP contribution < -0.4 is 5.32 Å². The Bertz CT molecular complexity index is 1530. The number of nitrogens with zero attached hydrogens (tertiary/aromatic N) is 2. The van der Waals surface area contributed by atoms with Gasteiger partial charge in [0.1, 0.15) is 11.6 Å². The normalized spacial score (nSPS) is 16.8. The Hall–Kier alpha value is -3.95. The van der Waals surface area contributed by atoms with Crippen LogP contribution in [0.1, 0.15) is 29.0 Å². The fourth-order valence-electron chi connectivity index (χ4n) is 4.42. The second kappa shape index (κ2) is 10.8. The molecule has 5 rings (SSSR count). The van der Waals surface area contributed by atoms with E-state index >= 15 is 0 Å². The van der Waals surface area contributed by atoms with Crippen LogP contribution in [0.4, 0.5) is 14.5 Å². The molecule has 1 heterocycles. The van der Waals surface area contributed by atoms with Crippen molar-refractivity contribution in [3.8, 4) is 0 Å². The first-order valence-electron chi connectivity index (χ1n) is 12.1. The van der Waals surface area contributed by atoms with Gasteiger partial charge >= 0.3 is 0 Å². The van der Waals surface area contributed by atoms with E-state index in [1.165, 1.54) is 58.9 Å². The predicted octanol–water partition coefficient (Wildman–Crippen LogP) is 5.49. The third-order valence-electron chi connectivity index (χ3n) is 6.54. The van der Waals surface area contributed by atoms with Crippen molar-refractivity contribution in [1.82, 2.24) is 9.29 Å². The van der Waals surface area contributed by atoms with E-state index in [4.69, 9.17) is 0 Å². The number of carbonyl (C=O) groups excluding carboxylic acids is 1. The highest BCUT2D eigenvalue weighted by Crippen LogP contribution is 2.47. The van der Waals surface area contributed by atoms with Crippen LogP contribution in [0.15, 0.2) is 102 Å². The maximum atomic E-state index is 13.8. The SMILES string of the molecule is O=C(Nc1ccc(S(=O)(=O)N(Cc2ccc(F)cc2)Cc2cccc(F)c2)cc1)C1CC1c1ccncc1. The molecule has 9 heteroatoms. The van der Waals surface area contributed by atoms with Gasteiger partial charge in [-0.15, -0.1) is 0 Å². The fourth-order valence-corrected chi connectivity index (χ4v) is 5.83. The Morgan fingerprint density at radius 3 is 2.24 bits per heavy atom. The van der Waals surface area contributed by atoms with Crippen LogP contribution in [0.25, 0.3) is 0 Å². The molecule has 0 bridgehead atoms. The number of hydrogen-bond donors (Lipinski definition) is 1. The lowest BCUT2D eigenvalue weighted by atomic mass is 10.1. The summed E-state index contributed by atoms with van der Waals surface area (Å²) in [5.74, 6) is -1.00. The molecule has 194 valence electrons. The van der Waals surface area contributed by atoms with Crippen molar-refractivity contribution in [2.24, 2.45) is 5.92 Å². The molecule has 38 heavy (non-hydrogen) atoms. The maximum absolute atomic E-state index is 13.8. The molecule has 0 aliphatic heterocycles. The van der Waals surface area contributed by atoms with E-state index in [2.05, 4.69) is 10.3 Å². The maximum Gasteiger partial charge on any atom is 0.243 e. The number of nitrogens with one attached hydrogen (secondary N) is 1. The predicted molar refractivity (Wildman–Crippen MR) is 139 cm³/mol. The Morgan fingerprint density at radius 2 is 1.55 bits per heavy atom. The van der Waals surface area contributed by atoms with Gasteiger partial charge in [-0.25, -0.2) is 17.2 Å². The summed E-state index contributed by atoms with van der Waals surface area (Å²) < 4.78 is 55.6. The Kier molecular flexibility index (Phi) is 7.31. The molecule has 1 aliphatic rings. The van der Waals surface area contributed by atoms with Gasteiger partial charge in [0.15, 0.2) is 0 Å². The highest BCUT2D eigenvalue weighted by molar-refractivity contribution is 7.89. The molecule has 2 unspecified atom stereocenters. The number of sulfonamides is 1. The lowest BCUT2D eigenvalue weighted by molar-refractivity contribution is -0.117. The molecule has 0 radical (unpaired) electrons. The minimum Gasteiger partial charge on any atom is -0.326 e. The zero-order valence-corrected chi connectivity index (χ0v) is 21.1. The highest BCUT2D eigenvalue weighted by Gasteiger charge is 2.43. The van der Waals surface area contributed by atoms with Gasteiger partial charge in [0, 0.05) is 37.1 Å². The molecule has 0 saturated heterocycles. The minimum atomic E-state index is -4.02. The first-order valence-corrected chi connectivity index (χ1v) is 13.5. The van der Waals surface area contributed by atoms with Gasteiger partial charge in [-0.1, -0.05) is 24.3 Å². The van der Waals surface area contributed by atoms with E-state index in [0.29, 0.717) is 16.8 Å². The molecule has 1 aliphatic carbocycles. The topological polar surface area (TPSA) is 79.4 Å². The Labute approximate surface area is 220 Å². The van der Waals surface area contributed by atoms with Crippen LogP contribution in [0.2, 0.25) is 0 Å². The van der Waals surface area contributed by atoms with Crippen molar-refractivity contribution in [1.29, 1.82) is 0 Å². The van der Waals surface area contributed by atoms with Crippen LogP contribution >= 0.6 is 0 Å².